The number of nitrogens with one attached hydrogen (secondary N) is 2. The number of benzene rings is 1. The van der Waals surface area contributed by atoms with E-state index in [9.17, 15) is 22.8 Å². The van der Waals surface area contributed by atoms with E-state index in [-0.39, 0.29) is 5.75 Å². The predicted molar refractivity (Wildman–Crippen MR) is 81.0 cm³/mol. The number of amides is 2. The lowest BCUT2D eigenvalue weighted by Gasteiger charge is -2.10. The van der Waals surface area contributed by atoms with Gasteiger partial charge in [0.05, 0.1) is 11.8 Å². The van der Waals surface area contributed by atoms with Crippen LogP contribution in [-0.2, 0) is 15.8 Å². The summed E-state index contributed by atoms with van der Waals surface area (Å²) in [5.41, 5.74) is 3.26. The second kappa shape index (κ2) is 8.04. The number of ether oxygens (including phenoxy) is 1. The first kappa shape index (κ1) is 18.1. The molecular formula is C16H13F3N2O4. The molecule has 2 rings (SSSR count). The van der Waals surface area contributed by atoms with Crippen LogP contribution in [0.4, 0.5) is 13.2 Å². The number of furan rings is 1. The summed E-state index contributed by atoms with van der Waals surface area (Å²) in [6.07, 6.45) is -0.548. The maximum absolute atomic E-state index is 12.6. The number of hydrogen-bond donors (Lipinski definition) is 2. The molecule has 2 aromatic rings. The Morgan fingerprint density at radius 3 is 2.64 bits per heavy atom. The zero-order chi connectivity index (χ0) is 18.3. The Morgan fingerprint density at radius 1 is 1.16 bits per heavy atom. The third-order valence-electron chi connectivity index (χ3n) is 2.80. The Morgan fingerprint density at radius 2 is 1.96 bits per heavy atom. The fraction of sp³-hybridized carbons (Fsp3) is 0.125. The van der Waals surface area contributed by atoms with Crippen molar-refractivity contribution in [2.24, 2.45) is 0 Å². The lowest BCUT2D eigenvalue weighted by atomic mass is 10.2. The molecule has 132 valence electrons. The molecule has 0 unspecified atom stereocenters. The van der Waals surface area contributed by atoms with E-state index in [2.05, 4.69) is 10.9 Å². The highest BCUT2D eigenvalue weighted by Gasteiger charge is 2.30. The minimum absolute atomic E-state index is 0.117. The van der Waals surface area contributed by atoms with Gasteiger partial charge in [0.2, 0.25) is 0 Å². The van der Waals surface area contributed by atoms with Gasteiger partial charge in [0.1, 0.15) is 11.5 Å². The molecule has 25 heavy (non-hydrogen) atoms. The van der Waals surface area contributed by atoms with Gasteiger partial charge in [-0.2, -0.15) is 13.2 Å². The molecule has 0 aliphatic carbocycles. The Labute approximate surface area is 140 Å². The Bertz CT molecular complexity index is 755. The van der Waals surface area contributed by atoms with Crippen LogP contribution in [0.1, 0.15) is 11.3 Å². The first-order valence-electron chi connectivity index (χ1n) is 6.95. The molecular weight excluding hydrogens is 341 g/mol. The van der Waals surface area contributed by atoms with Crippen molar-refractivity contribution >= 4 is 17.9 Å². The smallest absolute Gasteiger partial charge is 0.416 e. The molecule has 0 radical (unpaired) electrons. The van der Waals surface area contributed by atoms with Crippen LogP contribution in [0.25, 0.3) is 6.08 Å². The third-order valence-corrected chi connectivity index (χ3v) is 2.80. The second-order valence-corrected chi connectivity index (χ2v) is 4.70. The van der Waals surface area contributed by atoms with E-state index in [1.54, 1.807) is 12.1 Å². The topological polar surface area (TPSA) is 80.6 Å². The van der Waals surface area contributed by atoms with Crippen molar-refractivity contribution in [3.05, 3.63) is 60.1 Å². The van der Waals surface area contributed by atoms with Crippen molar-refractivity contribution in [1.29, 1.82) is 0 Å². The first-order chi connectivity index (χ1) is 11.8. The minimum Gasteiger partial charge on any atom is -0.484 e. The zero-order valence-electron chi connectivity index (χ0n) is 12.7. The van der Waals surface area contributed by atoms with Crippen LogP contribution in [0, 0.1) is 0 Å². The van der Waals surface area contributed by atoms with E-state index in [1.165, 1.54) is 18.4 Å². The van der Waals surface area contributed by atoms with Crippen molar-refractivity contribution in [3.8, 4) is 5.75 Å². The van der Waals surface area contributed by atoms with E-state index in [0.717, 1.165) is 24.3 Å². The molecule has 6 nitrogen and oxygen atoms in total. The SMILES string of the molecule is O=C(/C=C/c1ccco1)NNC(=O)COc1cccc(C(F)(F)F)c1. The first-order valence-corrected chi connectivity index (χ1v) is 6.95. The van der Waals surface area contributed by atoms with Gasteiger partial charge in [0, 0.05) is 6.08 Å². The molecule has 0 fully saturated rings. The Kier molecular flexibility index (Phi) is 5.83. The second-order valence-electron chi connectivity index (χ2n) is 4.70. The van der Waals surface area contributed by atoms with Gasteiger partial charge < -0.3 is 9.15 Å². The van der Waals surface area contributed by atoms with Crippen LogP contribution in [0.2, 0.25) is 0 Å². The van der Waals surface area contributed by atoms with Gasteiger partial charge in [-0.05, 0) is 36.4 Å². The number of carbonyl (C=O) groups is 2. The maximum atomic E-state index is 12.6. The Hall–Kier alpha value is -3.23. The third kappa shape index (κ3) is 6.05. The van der Waals surface area contributed by atoms with E-state index in [0.29, 0.717) is 5.76 Å². The fourth-order valence-corrected chi connectivity index (χ4v) is 1.66. The molecule has 0 saturated heterocycles. The van der Waals surface area contributed by atoms with Gasteiger partial charge in [-0.25, -0.2) is 0 Å². The van der Waals surface area contributed by atoms with E-state index >= 15 is 0 Å². The van der Waals surface area contributed by atoms with E-state index in [1.807, 2.05) is 0 Å². The highest BCUT2D eigenvalue weighted by molar-refractivity contribution is 5.92. The summed E-state index contributed by atoms with van der Waals surface area (Å²) in [5, 5.41) is 0. The summed E-state index contributed by atoms with van der Waals surface area (Å²) in [6.45, 7) is -0.566. The summed E-state index contributed by atoms with van der Waals surface area (Å²) in [7, 11) is 0. The van der Waals surface area contributed by atoms with Crippen LogP contribution in [0.3, 0.4) is 0 Å². The molecule has 1 aromatic carbocycles. The zero-order valence-corrected chi connectivity index (χ0v) is 12.7. The number of rotatable bonds is 5. The molecule has 0 bridgehead atoms. The quantitative estimate of drug-likeness (QED) is 0.639. The Balaban J connectivity index is 1.76. The van der Waals surface area contributed by atoms with Gasteiger partial charge >= 0.3 is 6.18 Å². The van der Waals surface area contributed by atoms with Crippen molar-refractivity contribution in [2.45, 2.75) is 6.18 Å². The van der Waals surface area contributed by atoms with Crippen LogP contribution in [0.5, 0.6) is 5.75 Å². The molecule has 1 heterocycles. The normalized spacial score (nSPS) is 11.3. The number of alkyl halides is 3. The van der Waals surface area contributed by atoms with Crippen molar-refractivity contribution < 1.29 is 31.9 Å². The predicted octanol–water partition coefficient (Wildman–Crippen LogP) is 2.54. The van der Waals surface area contributed by atoms with Gasteiger partial charge in [0.15, 0.2) is 6.61 Å². The molecule has 0 aliphatic rings. The molecule has 0 spiro atoms. The number of hydrazine groups is 1. The van der Waals surface area contributed by atoms with E-state index in [4.69, 9.17) is 9.15 Å². The standard InChI is InChI=1S/C16H13F3N2O4/c17-16(18,19)11-3-1-4-13(9-11)25-10-15(23)21-20-14(22)7-6-12-5-2-8-24-12/h1-9H,10H2,(H,20,22)(H,21,23)/b7-6+. The van der Waals surface area contributed by atoms with Crippen molar-refractivity contribution in [1.82, 2.24) is 10.9 Å². The molecule has 0 atom stereocenters. The molecule has 0 aliphatic heterocycles. The highest BCUT2D eigenvalue weighted by Crippen LogP contribution is 2.31. The molecule has 0 saturated carbocycles. The summed E-state index contributed by atoms with van der Waals surface area (Å²) in [6, 6.07) is 7.39. The largest absolute Gasteiger partial charge is 0.484 e. The van der Waals surface area contributed by atoms with Gasteiger partial charge in [-0.1, -0.05) is 6.07 Å². The number of carbonyl (C=O) groups excluding carboxylic acids is 2. The van der Waals surface area contributed by atoms with Crippen LogP contribution >= 0.6 is 0 Å². The van der Waals surface area contributed by atoms with Crippen molar-refractivity contribution in [2.75, 3.05) is 6.61 Å². The minimum atomic E-state index is -4.50. The fourth-order valence-electron chi connectivity index (χ4n) is 1.66. The van der Waals surface area contributed by atoms with E-state index < -0.39 is 30.2 Å². The summed E-state index contributed by atoms with van der Waals surface area (Å²) in [5.74, 6) is -1.02. The lowest BCUT2D eigenvalue weighted by Crippen LogP contribution is -2.43. The average Bonchev–Trinajstić information content (AvgIpc) is 3.09. The average molecular weight is 354 g/mol. The summed E-state index contributed by atoms with van der Waals surface area (Å²) in [4.78, 5) is 23.0. The highest BCUT2D eigenvalue weighted by atomic mass is 19.4. The van der Waals surface area contributed by atoms with Crippen LogP contribution < -0.4 is 15.6 Å². The molecule has 9 heteroatoms. The lowest BCUT2D eigenvalue weighted by molar-refractivity contribution is -0.137. The maximum Gasteiger partial charge on any atom is 0.416 e. The monoisotopic (exact) mass is 354 g/mol. The van der Waals surface area contributed by atoms with Crippen molar-refractivity contribution in [3.63, 3.8) is 0 Å². The van der Waals surface area contributed by atoms with Crippen LogP contribution in [0.15, 0.2) is 53.2 Å². The van der Waals surface area contributed by atoms with Gasteiger partial charge in [-0.3, -0.25) is 20.4 Å². The number of hydrogen-bond acceptors (Lipinski definition) is 4. The molecule has 2 N–H and O–H groups in total. The van der Waals surface area contributed by atoms with Gasteiger partial charge in [0.25, 0.3) is 11.8 Å². The van der Waals surface area contributed by atoms with Gasteiger partial charge in [-0.15, -0.1) is 0 Å². The number of halogens is 3. The summed E-state index contributed by atoms with van der Waals surface area (Å²) < 4.78 is 47.6. The van der Waals surface area contributed by atoms with Crippen LogP contribution in [-0.4, -0.2) is 18.4 Å². The summed E-state index contributed by atoms with van der Waals surface area (Å²) >= 11 is 0. The molecule has 1 aromatic heterocycles. The molecule has 2 amide bonds.